The third kappa shape index (κ3) is 3.05. The number of hydrogen-bond acceptors (Lipinski definition) is 3. The molecule has 0 spiro atoms. The largest absolute Gasteiger partial charge is 0.455 e. The maximum Gasteiger partial charge on any atom is 0.153 e. The van der Waals surface area contributed by atoms with Gasteiger partial charge in [-0.3, -0.25) is 4.98 Å². The van der Waals surface area contributed by atoms with E-state index in [1.165, 1.54) is 11.1 Å². The Labute approximate surface area is 114 Å². The van der Waals surface area contributed by atoms with Crippen molar-refractivity contribution in [2.45, 2.75) is 33.1 Å². The fourth-order valence-electron chi connectivity index (χ4n) is 1.92. The van der Waals surface area contributed by atoms with Gasteiger partial charge in [0.05, 0.1) is 11.9 Å². The first-order valence-corrected chi connectivity index (χ1v) is 6.36. The highest BCUT2D eigenvalue weighted by Crippen LogP contribution is 2.36. The first-order valence-electron chi connectivity index (χ1n) is 6.36. The van der Waals surface area contributed by atoms with Crippen molar-refractivity contribution in [1.29, 1.82) is 0 Å². The molecule has 2 aromatic rings. The van der Waals surface area contributed by atoms with Gasteiger partial charge in [0, 0.05) is 17.8 Å². The molecular formula is C16H20N2O. The predicted molar refractivity (Wildman–Crippen MR) is 78.6 cm³/mol. The lowest BCUT2D eigenvalue weighted by Crippen LogP contribution is -2.13. The molecule has 0 saturated heterocycles. The quantitative estimate of drug-likeness (QED) is 0.881. The van der Waals surface area contributed by atoms with Gasteiger partial charge >= 0.3 is 0 Å². The summed E-state index contributed by atoms with van der Waals surface area (Å²) in [5, 5.41) is 0. The van der Waals surface area contributed by atoms with Crippen LogP contribution < -0.4 is 10.5 Å². The molecule has 0 aliphatic rings. The van der Waals surface area contributed by atoms with Crippen LogP contribution in [0.5, 0.6) is 11.5 Å². The number of nitrogens with zero attached hydrogens (tertiary/aromatic N) is 1. The van der Waals surface area contributed by atoms with Crippen molar-refractivity contribution in [3.8, 4) is 11.5 Å². The summed E-state index contributed by atoms with van der Waals surface area (Å²) in [5.41, 5.74) is 8.82. The van der Waals surface area contributed by atoms with E-state index in [1.54, 1.807) is 18.5 Å². The van der Waals surface area contributed by atoms with Crippen LogP contribution in [-0.2, 0) is 5.41 Å². The summed E-state index contributed by atoms with van der Waals surface area (Å²) in [6, 6.07) is 7.98. The van der Waals surface area contributed by atoms with Crippen molar-refractivity contribution in [3.05, 3.63) is 47.8 Å². The normalized spacial score (nSPS) is 11.4. The van der Waals surface area contributed by atoms with E-state index < -0.39 is 0 Å². The van der Waals surface area contributed by atoms with E-state index in [-0.39, 0.29) is 5.41 Å². The summed E-state index contributed by atoms with van der Waals surface area (Å²) in [6.07, 6.45) is 3.27. The van der Waals surface area contributed by atoms with Crippen molar-refractivity contribution in [2.75, 3.05) is 5.73 Å². The molecule has 0 radical (unpaired) electrons. The van der Waals surface area contributed by atoms with Gasteiger partial charge in [-0.25, -0.2) is 0 Å². The maximum atomic E-state index is 5.96. The molecule has 3 nitrogen and oxygen atoms in total. The molecule has 3 heteroatoms. The van der Waals surface area contributed by atoms with Crippen LogP contribution in [0.2, 0.25) is 0 Å². The Kier molecular flexibility index (Phi) is 3.47. The maximum absolute atomic E-state index is 5.96. The Morgan fingerprint density at radius 3 is 2.47 bits per heavy atom. The molecule has 1 aromatic heterocycles. The molecule has 1 aromatic carbocycles. The summed E-state index contributed by atoms with van der Waals surface area (Å²) >= 11 is 0. The molecule has 1 heterocycles. The Hall–Kier alpha value is -2.03. The monoisotopic (exact) mass is 256 g/mol. The van der Waals surface area contributed by atoms with Gasteiger partial charge in [-0.1, -0.05) is 38.5 Å². The summed E-state index contributed by atoms with van der Waals surface area (Å²) in [5.74, 6) is 1.49. The van der Waals surface area contributed by atoms with Crippen LogP contribution in [0, 0.1) is 6.92 Å². The van der Waals surface area contributed by atoms with Gasteiger partial charge in [0.2, 0.25) is 0 Å². The summed E-state index contributed by atoms with van der Waals surface area (Å²) in [4.78, 5) is 3.97. The van der Waals surface area contributed by atoms with Gasteiger partial charge in [0.1, 0.15) is 5.75 Å². The number of ether oxygens (including phenoxy) is 1. The van der Waals surface area contributed by atoms with Gasteiger partial charge in [-0.15, -0.1) is 0 Å². The summed E-state index contributed by atoms with van der Waals surface area (Å²) in [7, 11) is 0. The van der Waals surface area contributed by atoms with Crippen LogP contribution >= 0.6 is 0 Å². The number of rotatable bonds is 2. The van der Waals surface area contributed by atoms with Crippen molar-refractivity contribution in [2.24, 2.45) is 0 Å². The fourth-order valence-corrected chi connectivity index (χ4v) is 1.92. The molecule has 19 heavy (non-hydrogen) atoms. The number of nitrogen functional groups attached to an aromatic ring is 1. The Morgan fingerprint density at radius 2 is 1.84 bits per heavy atom. The van der Waals surface area contributed by atoms with E-state index in [0.717, 1.165) is 5.75 Å². The van der Waals surface area contributed by atoms with Crippen molar-refractivity contribution < 1.29 is 4.74 Å². The molecule has 0 aliphatic carbocycles. The number of benzene rings is 1. The van der Waals surface area contributed by atoms with E-state index in [0.29, 0.717) is 11.4 Å². The molecule has 0 atom stereocenters. The van der Waals surface area contributed by atoms with E-state index in [4.69, 9.17) is 10.5 Å². The van der Waals surface area contributed by atoms with E-state index >= 15 is 0 Å². The molecule has 0 aliphatic heterocycles. The lowest BCUT2D eigenvalue weighted by molar-refractivity contribution is 0.456. The van der Waals surface area contributed by atoms with Gasteiger partial charge < -0.3 is 10.5 Å². The fraction of sp³-hybridized carbons (Fsp3) is 0.312. The Balaban J connectivity index is 2.44. The zero-order chi connectivity index (χ0) is 14.0. The molecule has 2 rings (SSSR count). The number of aromatic nitrogens is 1. The number of nitrogens with two attached hydrogens (primary N) is 1. The third-order valence-corrected chi connectivity index (χ3v) is 2.97. The molecule has 100 valence electrons. The van der Waals surface area contributed by atoms with Gasteiger partial charge in [-0.2, -0.15) is 0 Å². The number of anilines is 1. The number of hydrogen-bond donors (Lipinski definition) is 1. The predicted octanol–water partition coefficient (Wildman–Crippen LogP) is 4.06. The first kappa shape index (κ1) is 13.4. The molecule has 0 bridgehead atoms. The van der Waals surface area contributed by atoms with Gasteiger partial charge in [0.15, 0.2) is 5.75 Å². The van der Waals surface area contributed by atoms with Crippen LogP contribution in [-0.4, -0.2) is 4.98 Å². The minimum absolute atomic E-state index is 0.0170. The van der Waals surface area contributed by atoms with Crippen LogP contribution in [0.15, 0.2) is 36.7 Å². The minimum Gasteiger partial charge on any atom is -0.455 e. The highest BCUT2D eigenvalue weighted by atomic mass is 16.5. The van der Waals surface area contributed by atoms with Crippen molar-refractivity contribution in [1.82, 2.24) is 4.98 Å². The minimum atomic E-state index is 0.0170. The average Bonchev–Trinajstić information content (AvgIpc) is 2.33. The molecule has 0 saturated carbocycles. The Morgan fingerprint density at radius 1 is 1.11 bits per heavy atom. The van der Waals surface area contributed by atoms with Gasteiger partial charge in [0.25, 0.3) is 0 Å². The first-order chi connectivity index (χ1) is 8.88. The average molecular weight is 256 g/mol. The van der Waals surface area contributed by atoms with Crippen LogP contribution in [0.3, 0.4) is 0 Å². The highest BCUT2D eigenvalue weighted by Gasteiger charge is 2.19. The van der Waals surface area contributed by atoms with Crippen LogP contribution in [0.25, 0.3) is 0 Å². The standard InChI is InChI=1S/C16H20N2O/c1-11-5-6-14(12(9-11)16(2,3)4)19-15-7-8-18-10-13(15)17/h5-10H,17H2,1-4H3. The SMILES string of the molecule is Cc1ccc(Oc2ccncc2N)c(C(C)(C)C)c1. The van der Waals surface area contributed by atoms with Crippen LogP contribution in [0.4, 0.5) is 5.69 Å². The van der Waals surface area contributed by atoms with Gasteiger partial charge in [-0.05, 0) is 18.4 Å². The molecule has 0 amide bonds. The summed E-state index contributed by atoms with van der Waals surface area (Å²) < 4.78 is 5.96. The van der Waals surface area contributed by atoms with Crippen molar-refractivity contribution >= 4 is 5.69 Å². The Bertz CT molecular complexity index is 586. The van der Waals surface area contributed by atoms with E-state index in [2.05, 4.69) is 38.7 Å². The van der Waals surface area contributed by atoms with Crippen molar-refractivity contribution in [3.63, 3.8) is 0 Å². The molecule has 0 unspecified atom stereocenters. The zero-order valence-electron chi connectivity index (χ0n) is 11.9. The van der Waals surface area contributed by atoms with E-state index in [9.17, 15) is 0 Å². The van der Waals surface area contributed by atoms with Crippen LogP contribution in [0.1, 0.15) is 31.9 Å². The number of aryl methyl sites for hydroxylation is 1. The molecule has 0 fully saturated rings. The highest BCUT2D eigenvalue weighted by molar-refractivity contribution is 5.53. The summed E-state index contributed by atoms with van der Waals surface area (Å²) in [6.45, 7) is 8.60. The lowest BCUT2D eigenvalue weighted by Gasteiger charge is -2.23. The number of pyridine rings is 1. The zero-order valence-corrected chi connectivity index (χ0v) is 11.9. The second-order valence-electron chi connectivity index (χ2n) is 5.77. The lowest BCUT2D eigenvalue weighted by atomic mass is 9.85. The second kappa shape index (κ2) is 4.92. The topological polar surface area (TPSA) is 48.1 Å². The third-order valence-electron chi connectivity index (χ3n) is 2.97. The second-order valence-corrected chi connectivity index (χ2v) is 5.77. The molecular weight excluding hydrogens is 236 g/mol. The smallest absolute Gasteiger partial charge is 0.153 e. The van der Waals surface area contributed by atoms with E-state index in [1.807, 2.05) is 12.1 Å². The molecule has 2 N–H and O–H groups in total.